The summed E-state index contributed by atoms with van der Waals surface area (Å²) in [7, 11) is 0. The molecule has 5 aliphatic rings. The maximum absolute atomic E-state index is 9.94. The molecule has 5 heterocycles. The third-order valence-electron chi connectivity index (χ3n) is 8.59. The van der Waals surface area contributed by atoms with Crippen LogP contribution in [0, 0.1) is 0 Å². The lowest BCUT2D eigenvalue weighted by molar-refractivity contribution is -0.236. The van der Waals surface area contributed by atoms with E-state index in [2.05, 4.69) is 0 Å². The van der Waals surface area contributed by atoms with Gasteiger partial charge in [0.15, 0.2) is 29.9 Å². The molecule has 0 radical (unpaired) electrons. The van der Waals surface area contributed by atoms with Crippen LogP contribution < -0.4 is 0 Å². The van der Waals surface area contributed by atoms with Crippen molar-refractivity contribution in [2.24, 2.45) is 0 Å². The van der Waals surface area contributed by atoms with Gasteiger partial charge in [-0.3, -0.25) is 0 Å². The van der Waals surface area contributed by atoms with E-state index in [0.29, 0.717) is 19.8 Å². The van der Waals surface area contributed by atoms with Crippen LogP contribution in [0.25, 0.3) is 0 Å². The van der Waals surface area contributed by atoms with Crippen molar-refractivity contribution >= 4 is 0 Å². The Hall–Kier alpha value is -2.04. The van der Waals surface area contributed by atoms with E-state index in [-0.39, 0.29) is 24.4 Å². The molecule has 260 valence electrons. The molecule has 2 aromatic rings. The van der Waals surface area contributed by atoms with Crippen molar-refractivity contribution in [2.75, 3.05) is 13.2 Å². The summed E-state index contributed by atoms with van der Waals surface area (Å²) >= 11 is 0. The van der Waals surface area contributed by atoms with Crippen molar-refractivity contribution in [2.45, 2.75) is 134 Å². The lowest BCUT2D eigenvalue weighted by Crippen LogP contribution is -2.44. The Morgan fingerprint density at radius 2 is 1.17 bits per heavy atom. The highest BCUT2D eigenvalue weighted by Crippen LogP contribution is 2.42. The smallest absolute Gasteiger partial charge is 0.190 e. The molecule has 0 amide bonds. The summed E-state index contributed by atoms with van der Waals surface area (Å²) in [5.41, 5.74) is 2.12. The summed E-state index contributed by atoms with van der Waals surface area (Å²) in [6, 6.07) is 19.8. The summed E-state index contributed by atoms with van der Waals surface area (Å²) in [4.78, 5) is 0. The Morgan fingerprint density at radius 1 is 0.660 bits per heavy atom. The van der Waals surface area contributed by atoms with Gasteiger partial charge in [0.2, 0.25) is 0 Å². The molecule has 2 aromatic carbocycles. The van der Waals surface area contributed by atoms with Gasteiger partial charge in [0.1, 0.15) is 48.8 Å². The fourth-order valence-corrected chi connectivity index (χ4v) is 6.51. The number of aliphatic hydroxyl groups is 2. The number of fused-ring (bicyclic) bond motifs is 2. The SMILES string of the molecule is CC1(C)OC[C@H]([C@H]2O[C@@H]3OC(C)(C)O[C@H]3C2OCc2ccccc2)O1.CC1(C)O[C@H]2O[C@H]([C@H](O)CO)C(OCc3ccccc3)[C@@H]2O1. The summed E-state index contributed by atoms with van der Waals surface area (Å²) in [6.45, 7) is 12.1. The molecule has 0 saturated carbocycles. The van der Waals surface area contributed by atoms with Crippen molar-refractivity contribution in [3.8, 4) is 0 Å². The highest BCUT2D eigenvalue weighted by atomic mass is 16.9. The lowest BCUT2D eigenvalue weighted by atomic mass is 10.1. The van der Waals surface area contributed by atoms with E-state index in [1.165, 1.54) is 0 Å². The van der Waals surface area contributed by atoms with E-state index in [1.807, 2.05) is 88.4 Å². The first-order chi connectivity index (χ1) is 22.3. The average Bonchev–Trinajstić information content (AvgIpc) is 3.80. The minimum Gasteiger partial charge on any atom is -0.394 e. The Bertz CT molecular complexity index is 1290. The van der Waals surface area contributed by atoms with Crippen LogP contribution in [0.2, 0.25) is 0 Å². The van der Waals surface area contributed by atoms with Gasteiger partial charge in [-0.05, 0) is 52.7 Å². The molecule has 0 aliphatic carbocycles. The maximum Gasteiger partial charge on any atom is 0.190 e. The van der Waals surface area contributed by atoms with Gasteiger partial charge >= 0.3 is 0 Å². The van der Waals surface area contributed by atoms with Gasteiger partial charge in [-0.15, -0.1) is 0 Å². The third-order valence-corrected chi connectivity index (χ3v) is 8.59. The zero-order chi connectivity index (χ0) is 33.4. The monoisotopic (exact) mass is 660 g/mol. The predicted molar refractivity (Wildman–Crippen MR) is 165 cm³/mol. The van der Waals surface area contributed by atoms with Gasteiger partial charge in [0, 0.05) is 0 Å². The molecule has 2 N–H and O–H groups in total. The molecule has 7 rings (SSSR count). The van der Waals surface area contributed by atoms with Crippen molar-refractivity contribution in [1.82, 2.24) is 0 Å². The zero-order valence-corrected chi connectivity index (χ0v) is 27.9. The topological polar surface area (TPSA) is 133 Å². The number of ether oxygens (including phenoxy) is 10. The normalized spacial score (nSPS) is 36.8. The second-order valence-corrected chi connectivity index (χ2v) is 13.8. The molecule has 12 nitrogen and oxygen atoms in total. The standard InChI is InChI=1S/C19H26O6.C16H22O6/c1-18(2)21-11-13(23-18)14-15(20-10-12-8-6-5-7-9-12)16-17(22-14)25-19(3,4)24-16;1-16(2)21-14-13(19-9-10-6-4-3-5-7-10)12(11(18)8-17)20-15(14)22-16/h5-9,13-17H,10-11H2,1-4H3;3-7,11-15,17-18H,8-9H2,1-2H3/t13-,14-,15?,16+,17-;11-,12-,13?,14+,15-/m11/s1. The van der Waals surface area contributed by atoms with E-state index in [0.717, 1.165) is 11.1 Å². The minimum atomic E-state index is -1.04. The highest BCUT2D eigenvalue weighted by Gasteiger charge is 2.59. The molecule has 5 saturated heterocycles. The third kappa shape index (κ3) is 8.23. The molecular weight excluding hydrogens is 612 g/mol. The number of benzene rings is 2. The van der Waals surface area contributed by atoms with Crippen LogP contribution in [-0.4, -0.2) is 102 Å². The Morgan fingerprint density at radius 3 is 1.68 bits per heavy atom. The first kappa shape index (κ1) is 34.8. The fraction of sp³-hybridized carbons (Fsp3) is 0.657. The van der Waals surface area contributed by atoms with E-state index in [4.69, 9.17) is 47.4 Å². The van der Waals surface area contributed by atoms with E-state index in [1.54, 1.807) is 13.8 Å². The molecular formula is C35H48O12. The van der Waals surface area contributed by atoms with Gasteiger partial charge in [0.25, 0.3) is 0 Å². The molecule has 0 bridgehead atoms. The molecule has 5 aliphatic heterocycles. The number of rotatable bonds is 9. The average molecular weight is 661 g/mol. The molecule has 5 fully saturated rings. The van der Waals surface area contributed by atoms with E-state index in [9.17, 15) is 10.2 Å². The first-order valence-corrected chi connectivity index (χ1v) is 16.3. The molecule has 0 spiro atoms. The predicted octanol–water partition coefficient (Wildman–Crippen LogP) is 3.40. The van der Waals surface area contributed by atoms with Crippen LogP contribution in [0.15, 0.2) is 60.7 Å². The summed E-state index contributed by atoms with van der Waals surface area (Å²) in [5, 5.41) is 19.1. The quantitative estimate of drug-likeness (QED) is 0.409. The zero-order valence-electron chi connectivity index (χ0n) is 27.9. The van der Waals surface area contributed by atoms with Gasteiger partial charge in [-0.25, -0.2) is 0 Å². The van der Waals surface area contributed by atoms with Crippen LogP contribution in [-0.2, 0) is 60.6 Å². The van der Waals surface area contributed by atoms with E-state index < -0.39 is 61.0 Å². The van der Waals surface area contributed by atoms with Crippen molar-refractivity contribution in [3.05, 3.63) is 71.8 Å². The van der Waals surface area contributed by atoms with Gasteiger partial charge in [-0.2, -0.15) is 0 Å². The minimum absolute atomic E-state index is 0.211. The second-order valence-electron chi connectivity index (χ2n) is 13.8. The van der Waals surface area contributed by atoms with Crippen molar-refractivity contribution < 1.29 is 57.6 Å². The van der Waals surface area contributed by atoms with Gasteiger partial charge in [0.05, 0.1) is 26.4 Å². The molecule has 2 unspecified atom stereocenters. The van der Waals surface area contributed by atoms with Gasteiger partial charge in [-0.1, -0.05) is 60.7 Å². The summed E-state index contributed by atoms with van der Waals surface area (Å²) < 4.78 is 59.1. The lowest BCUT2D eigenvalue weighted by Gasteiger charge is -2.29. The van der Waals surface area contributed by atoms with Crippen molar-refractivity contribution in [3.63, 3.8) is 0 Å². The Labute approximate surface area is 276 Å². The highest BCUT2D eigenvalue weighted by molar-refractivity contribution is 5.14. The molecule has 12 heteroatoms. The number of hydrogen-bond acceptors (Lipinski definition) is 12. The van der Waals surface area contributed by atoms with Crippen LogP contribution in [0.5, 0.6) is 0 Å². The summed E-state index contributed by atoms with van der Waals surface area (Å²) in [5.74, 6) is -2.05. The van der Waals surface area contributed by atoms with Crippen LogP contribution in [0.4, 0.5) is 0 Å². The molecule has 47 heavy (non-hydrogen) atoms. The summed E-state index contributed by atoms with van der Waals surface area (Å²) in [6.07, 6.45) is -4.77. The maximum atomic E-state index is 9.94. The Balaban J connectivity index is 0.000000166. The van der Waals surface area contributed by atoms with Crippen LogP contribution >= 0.6 is 0 Å². The second kappa shape index (κ2) is 14.1. The van der Waals surface area contributed by atoms with Crippen molar-refractivity contribution in [1.29, 1.82) is 0 Å². The number of aliphatic hydroxyl groups excluding tert-OH is 2. The van der Waals surface area contributed by atoms with Gasteiger partial charge < -0.3 is 57.6 Å². The van der Waals surface area contributed by atoms with E-state index >= 15 is 0 Å². The Kier molecular flexibility index (Phi) is 10.4. The van der Waals surface area contributed by atoms with Crippen LogP contribution in [0.1, 0.15) is 52.7 Å². The number of hydrogen-bond donors (Lipinski definition) is 2. The molecule has 0 aromatic heterocycles. The largest absolute Gasteiger partial charge is 0.394 e. The van der Waals surface area contributed by atoms with Crippen LogP contribution in [0.3, 0.4) is 0 Å². The molecule has 10 atom stereocenters. The fourth-order valence-electron chi connectivity index (χ4n) is 6.51. The first-order valence-electron chi connectivity index (χ1n) is 16.3.